The van der Waals surface area contributed by atoms with Crippen molar-refractivity contribution in [1.82, 2.24) is 10.6 Å². The maximum absolute atomic E-state index is 14.0. The first-order chi connectivity index (χ1) is 19.0. The standard InChI is InChI=1S/C31H45N3O7/c1-20(2)32-24(35)17-30(6,28(39)40)19-31(15-9-10-16-31)27(38)33-22-14-13-21-11-7-8-12-23(21)34(26(22)37)18-25(36)41-29(3,4)5/h7-8,11-12,20,22H,9-10,13-19H2,1-6H3,(H,32,35)(H,33,38)(H,39,40)/t22-,30?/m0/s1. The number of anilines is 1. The fraction of sp³-hybridized carbons (Fsp3) is 0.645. The van der Waals surface area contributed by atoms with Crippen molar-refractivity contribution in [3.63, 3.8) is 0 Å². The number of rotatable bonds is 10. The topological polar surface area (TPSA) is 142 Å². The molecule has 1 heterocycles. The van der Waals surface area contributed by atoms with Crippen LogP contribution in [0.4, 0.5) is 5.69 Å². The maximum Gasteiger partial charge on any atom is 0.326 e. The second kappa shape index (κ2) is 12.6. The third-order valence-corrected chi connectivity index (χ3v) is 7.85. The molecule has 0 bridgehead atoms. The number of benzene rings is 1. The quantitative estimate of drug-likeness (QED) is 0.363. The molecular formula is C31H45N3O7. The molecule has 1 aromatic rings. The van der Waals surface area contributed by atoms with E-state index in [0.717, 1.165) is 18.4 Å². The number of aliphatic carboxylic acids is 1. The van der Waals surface area contributed by atoms with Crippen LogP contribution in [0.25, 0.3) is 0 Å². The molecule has 3 N–H and O–H groups in total. The van der Waals surface area contributed by atoms with Crippen LogP contribution in [0, 0.1) is 10.8 Å². The predicted molar refractivity (Wildman–Crippen MR) is 154 cm³/mol. The molecule has 3 amide bonds. The summed E-state index contributed by atoms with van der Waals surface area (Å²) in [6.07, 6.45) is 2.99. The second-order valence-electron chi connectivity index (χ2n) is 13.1. The van der Waals surface area contributed by atoms with Crippen LogP contribution in [0.5, 0.6) is 0 Å². The number of nitrogens with one attached hydrogen (secondary N) is 2. The Morgan fingerprint density at radius 2 is 1.73 bits per heavy atom. The number of para-hydroxylation sites is 1. The number of amides is 3. The summed E-state index contributed by atoms with van der Waals surface area (Å²) in [7, 11) is 0. The van der Waals surface area contributed by atoms with Crippen LogP contribution in [0.3, 0.4) is 0 Å². The number of fused-ring (bicyclic) bond motifs is 1. The van der Waals surface area contributed by atoms with Crippen LogP contribution < -0.4 is 15.5 Å². The summed E-state index contributed by atoms with van der Waals surface area (Å²) in [4.78, 5) is 67.0. The molecule has 10 nitrogen and oxygen atoms in total. The van der Waals surface area contributed by atoms with Crippen LogP contribution >= 0.6 is 0 Å². The first-order valence-corrected chi connectivity index (χ1v) is 14.5. The first kappa shape index (κ1) is 32.1. The lowest BCUT2D eigenvalue weighted by atomic mass is 9.68. The number of hydrogen-bond acceptors (Lipinski definition) is 6. The van der Waals surface area contributed by atoms with Crippen LogP contribution in [0.2, 0.25) is 0 Å². The molecule has 41 heavy (non-hydrogen) atoms. The molecule has 1 aromatic carbocycles. The van der Waals surface area contributed by atoms with E-state index in [4.69, 9.17) is 4.74 Å². The van der Waals surface area contributed by atoms with E-state index in [2.05, 4.69) is 10.6 Å². The van der Waals surface area contributed by atoms with E-state index in [1.54, 1.807) is 46.8 Å². The van der Waals surface area contributed by atoms with Gasteiger partial charge in [0.05, 0.1) is 10.8 Å². The lowest BCUT2D eigenvalue weighted by Gasteiger charge is -2.37. The highest BCUT2D eigenvalue weighted by Gasteiger charge is 2.50. The summed E-state index contributed by atoms with van der Waals surface area (Å²) >= 11 is 0. The summed E-state index contributed by atoms with van der Waals surface area (Å²) in [5.41, 5.74) is -1.73. The molecule has 3 rings (SSSR count). The second-order valence-corrected chi connectivity index (χ2v) is 13.1. The maximum atomic E-state index is 14.0. The van der Waals surface area contributed by atoms with Crippen molar-refractivity contribution in [2.24, 2.45) is 10.8 Å². The van der Waals surface area contributed by atoms with E-state index in [1.807, 2.05) is 12.1 Å². The van der Waals surface area contributed by atoms with E-state index in [-0.39, 0.29) is 37.2 Å². The van der Waals surface area contributed by atoms with Gasteiger partial charge >= 0.3 is 11.9 Å². The van der Waals surface area contributed by atoms with Crippen molar-refractivity contribution in [1.29, 1.82) is 0 Å². The Kier molecular flexibility index (Phi) is 9.87. The van der Waals surface area contributed by atoms with Gasteiger partial charge < -0.3 is 20.5 Å². The monoisotopic (exact) mass is 571 g/mol. The number of hydrogen-bond donors (Lipinski definition) is 3. The van der Waals surface area contributed by atoms with E-state index in [9.17, 15) is 29.1 Å². The van der Waals surface area contributed by atoms with Crippen molar-refractivity contribution in [3.05, 3.63) is 29.8 Å². The highest BCUT2D eigenvalue weighted by Crippen LogP contribution is 2.48. The van der Waals surface area contributed by atoms with E-state index < -0.39 is 40.3 Å². The molecule has 0 radical (unpaired) electrons. The van der Waals surface area contributed by atoms with Crippen LogP contribution in [0.15, 0.2) is 24.3 Å². The number of carbonyl (C=O) groups is 5. The van der Waals surface area contributed by atoms with Gasteiger partial charge in [-0.2, -0.15) is 0 Å². The van der Waals surface area contributed by atoms with Crippen molar-refractivity contribution in [2.75, 3.05) is 11.4 Å². The summed E-state index contributed by atoms with van der Waals surface area (Å²) in [5, 5.41) is 15.9. The van der Waals surface area contributed by atoms with Gasteiger partial charge in [-0.1, -0.05) is 31.0 Å². The molecule has 0 saturated heterocycles. The summed E-state index contributed by atoms with van der Waals surface area (Å²) in [5.74, 6) is -2.88. The summed E-state index contributed by atoms with van der Waals surface area (Å²) in [6.45, 7) is 10.1. The molecule has 0 aromatic heterocycles. The van der Waals surface area contributed by atoms with Crippen LogP contribution in [0.1, 0.15) is 92.1 Å². The number of carboxylic acid groups (broad SMARTS) is 1. The summed E-state index contributed by atoms with van der Waals surface area (Å²) < 4.78 is 5.48. The number of ether oxygens (including phenoxy) is 1. The number of carboxylic acids is 1. The number of aryl methyl sites for hydroxylation is 1. The fourth-order valence-corrected chi connectivity index (χ4v) is 6.05. The summed E-state index contributed by atoms with van der Waals surface area (Å²) in [6, 6.07) is 6.29. The van der Waals surface area contributed by atoms with Gasteiger partial charge in [0.25, 0.3) is 0 Å². The number of esters is 1. The molecule has 1 fully saturated rings. The zero-order valence-electron chi connectivity index (χ0n) is 25.2. The Bertz CT molecular complexity index is 1170. The SMILES string of the molecule is CC(C)NC(=O)CC(C)(CC1(C(=O)N[C@H]2CCc3ccccc3N(CC(=O)OC(C)(C)C)C2=O)CCCC1)C(=O)O. The highest BCUT2D eigenvalue weighted by molar-refractivity contribution is 6.04. The van der Waals surface area contributed by atoms with Crippen molar-refractivity contribution in [3.8, 4) is 0 Å². The minimum atomic E-state index is -1.47. The molecule has 1 saturated carbocycles. The molecule has 1 aliphatic heterocycles. The molecular weight excluding hydrogens is 526 g/mol. The molecule has 226 valence electrons. The molecule has 2 aliphatic rings. The average Bonchev–Trinajstić information content (AvgIpc) is 3.28. The molecule has 2 atom stereocenters. The van der Waals surface area contributed by atoms with Gasteiger partial charge in [-0.25, -0.2) is 0 Å². The first-order valence-electron chi connectivity index (χ1n) is 14.5. The van der Waals surface area contributed by atoms with Crippen molar-refractivity contribution < 1.29 is 33.8 Å². The lowest BCUT2D eigenvalue weighted by Crippen LogP contribution is -2.54. The van der Waals surface area contributed by atoms with Gasteiger partial charge in [0.1, 0.15) is 18.2 Å². The predicted octanol–water partition coefficient (Wildman–Crippen LogP) is 3.75. The Labute approximate surface area is 242 Å². The highest BCUT2D eigenvalue weighted by atomic mass is 16.6. The molecule has 0 spiro atoms. The fourth-order valence-electron chi connectivity index (χ4n) is 6.05. The zero-order chi connectivity index (χ0) is 30.6. The third-order valence-electron chi connectivity index (χ3n) is 7.85. The molecule has 10 heteroatoms. The van der Waals surface area contributed by atoms with Gasteiger partial charge in [0.2, 0.25) is 17.7 Å². The van der Waals surface area contributed by atoms with Gasteiger partial charge in [0.15, 0.2) is 0 Å². The van der Waals surface area contributed by atoms with Gasteiger partial charge in [-0.3, -0.25) is 28.9 Å². The number of nitrogens with zero attached hydrogens (tertiary/aromatic N) is 1. The largest absolute Gasteiger partial charge is 0.481 e. The zero-order valence-corrected chi connectivity index (χ0v) is 25.2. The molecule has 1 aliphatic carbocycles. The Balaban J connectivity index is 1.86. The minimum Gasteiger partial charge on any atom is -0.481 e. The lowest BCUT2D eigenvalue weighted by molar-refractivity contribution is -0.155. The Morgan fingerprint density at radius 3 is 2.32 bits per heavy atom. The van der Waals surface area contributed by atoms with E-state index in [0.29, 0.717) is 31.4 Å². The van der Waals surface area contributed by atoms with Crippen molar-refractivity contribution in [2.45, 2.75) is 111 Å². The van der Waals surface area contributed by atoms with E-state index in [1.165, 1.54) is 11.8 Å². The van der Waals surface area contributed by atoms with Crippen LogP contribution in [-0.2, 0) is 35.1 Å². The average molecular weight is 572 g/mol. The van der Waals surface area contributed by atoms with Gasteiger partial charge in [0, 0.05) is 18.2 Å². The Hall–Kier alpha value is -3.43. The third kappa shape index (κ3) is 8.07. The van der Waals surface area contributed by atoms with Gasteiger partial charge in [-0.05, 0) is 85.3 Å². The Morgan fingerprint density at radius 1 is 1.10 bits per heavy atom. The van der Waals surface area contributed by atoms with E-state index >= 15 is 0 Å². The van der Waals surface area contributed by atoms with Crippen LogP contribution in [-0.4, -0.2) is 59.0 Å². The smallest absolute Gasteiger partial charge is 0.326 e. The number of carbonyl (C=O) groups excluding carboxylic acids is 4. The minimum absolute atomic E-state index is 0.0184. The van der Waals surface area contributed by atoms with Gasteiger partial charge in [-0.15, -0.1) is 0 Å². The molecule has 1 unspecified atom stereocenters. The van der Waals surface area contributed by atoms with Crippen molar-refractivity contribution >= 4 is 35.3 Å². The normalized spacial score (nSPS) is 20.0.